The molecule has 1 N–H and O–H groups in total. The zero-order valence-electron chi connectivity index (χ0n) is 11.2. The van der Waals surface area contributed by atoms with Crippen LogP contribution in [0.15, 0.2) is 22.6 Å². The predicted octanol–water partition coefficient (Wildman–Crippen LogP) is 1.74. The van der Waals surface area contributed by atoms with Gasteiger partial charge in [0.15, 0.2) is 11.5 Å². The minimum Gasteiger partial charge on any atom is -0.454 e. The Bertz CT molecular complexity index is 693. The van der Waals surface area contributed by atoms with Crippen LogP contribution in [-0.2, 0) is 11.2 Å². The fraction of sp³-hybridized carbons (Fsp3) is 0.357. The number of fused-ring (bicyclic) bond motifs is 1. The fourth-order valence-electron chi connectivity index (χ4n) is 2.15. The smallest absolute Gasteiger partial charge is 0.322 e. The molecule has 1 aliphatic heterocycles. The molecule has 2 aromatic rings. The first-order valence-electron chi connectivity index (χ1n) is 6.80. The monoisotopic (exact) mass is 287 g/mol. The van der Waals surface area contributed by atoms with Crippen LogP contribution in [0.25, 0.3) is 0 Å². The van der Waals surface area contributed by atoms with Crippen molar-refractivity contribution in [3.8, 4) is 11.5 Å². The topological polar surface area (TPSA) is 86.5 Å². The summed E-state index contributed by atoms with van der Waals surface area (Å²) in [7, 11) is 0. The van der Waals surface area contributed by atoms with Gasteiger partial charge in [-0.05, 0) is 30.5 Å². The van der Waals surface area contributed by atoms with Gasteiger partial charge in [0.05, 0.1) is 6.42 Å². The molecule has 4 rings (SSSR count). The third-order valence-corrected chi connectivity index (χ3v) is 3.44. The number of nitrogens with one attached hydrogen (secondary N) is 1. The fourth-order valence-corrected chi connectivity index (χ4v) is 2.15. The van der Waals surface area contributed by atoms with Crippen LogP contribution < -0.4 is 14.8 Å². The molecule has 1 aliphatic carbocycles. The summed E-state index contributed by atoms with van der Waals surface area (Å²) in [6.07, 6.45) is 2.34. The molecule has 0 atom stereocenters. The van der Waals surface area contributed by atoms with Gasteiger partial charge in [0.25, 0.3) is 0 Å². The van der Waals surface area contributed by atoms with Crippen LogP contribution in [-0.4, -0.2) is 22.9 Å². The molecule has 0 unspecified atom stereocenters. The first kappa shape index (κ1) is 12.2. The van der Waals surface area contributed by atoms with Crippen molar-refractivity contribution >= 4 is 11.9 Å². The molecule has 2 aliphatic rings. The van der Waals surface area contributed by atoms with Gasteiger partial charge in [0, 0.05) is 5.92 Å². The molecule has 1 aromatic carbocycles. The lowest BCUT2D eigenvalue weighted by atomic mass is 10.1. The third-order valence-electron chi connectivity index (χ3n) is 3.44. The lowest BCUT2D eigenvalue weighted by Crippen LogP contribution is -2.13. The number of aromatic nitrogens is 2. The van der Waals surface area contributed by atoms with Crippen molar-refractivity contribution in [2.45, 2.75) is 19.3 Å². The summed E-state index contributed by atoms with van der Waals surface area (Å²) in [4.78, 5) is 11.6. The number of nitrogens with zero attached hydrogens (tertiary/aromatic N) is 2. The molecular formula is C14H13N3O4. The van der Waals surface area contributed by atoms with E-state index in [4.69, 9.17) is 13.9 Å². The van der Waals surface area contributed by atoms with Gasteiger partial charge in [-0.25, -0.2) is 0 Å². The Labute approximate surface area is 120 Å². The normalized spacial score (nSPS) is 16.0. The first-order valence-corrected chi connectivity index (χ1v) is 6.80. The number of rotatable bonds is 4. The molecule has 7 nitrogen and oxygen atoms in total. The van der Waals surface area contributed by atoms with E-state index in [0.717, 1.165) is 24.2 Å². The molecule has 21 heavy (non-hydrogen) atoms. The van der Waals surface area contributed by atoms with E-state index in [1.807, 2.05) is 18.2 Å². The van der Waals surface area contributed by atoms with Gasteiger partial charge in [-0.1, -0.05) is 11.2 Å². The van der Waals surface area contributed by atoms with E-state index >= 15 is 0 Å². The van der Waals surface area contributed by atoms with E-state index in [-0.39, 0.29) is 24.6 Å². The van der Waals surface area contributed by atoms with E-state index in [2.05, 4.69) is 15.5 Å². The largest absolute Gasteiger partial charge is 0.454 e. The summed E-state index contributed by atoms with van der Waals surface area (Å²) in [6, 6.07) is 5.81. The number of carbonyl (C=O) groups excluding carboxylic acids is 1. The number of ether oxygens (including phenoxy) is 2. The number of hydrogen-bond donors (Lipinski definition) is 1. The van der Waals surface area contributed by atoms with Gasteiger partial charge in [-0.2, -0.15) is 0 Å². The molecular weight excluding hydrogens is 274 g/mol. The van der Waals surface area contributed by atoms with Crippen LogP contribution in [0.5, 0.6) is 11.5 Å². The Morgan fingerprint density at radius 3 is 2.95 bits per heavy atom. The lowest BCUT2D eigenvalue weighted by molar-refractivity contribution is -0.117. The zero-order chi connectivity index (χ0) is 14.2. The SMILES string of the molecule is O=C(Nc1nnc(Cc2ccc3c(c2)OCO3)o1)C1CC1. The van der Waals surface area contributed by atoms with Crippen LogP contribution in [0.2, 0.25) is 0 Å². The number of carbonyl (C=O) groups is 1. The van der Waals surface area contributed by atoms with Crippen molar-refractivity contribution in [1.29, 1.82) is 0 Å². The second-order valence-electron chi connectivity index (χ2n) is 5.13. The molecule has 1 aromatic heterocycles. The number of benzene rings is 1. The molecule has 108 valence electrons. The quantitative estimate of drug-likeness (QED) is 0.921. The molecule has 7 heteroatoms. The van der Waals surface area contributed by atoms with E-state index in [9.17, 15) is 4.79 Å². The average molecular weight is 287 g/mol. The zero-order valence-corrected chi connectivity index (χ0v) is 11.2. The molecule has 0 radical (unpaired) electrons. The van der Waals surface area contributed by atoms with E-state index in [0.29, 0.717) is 18.1 Å². The summed E-state index contributed by atoms with van der Waals surface area (Å²) in [6.45, 7) is 0.247. The van der Waals surface area contributed by atoms with Gasteiger partial charge in [0.1, 0.15) is 0 Å². The van der Waals surface area contributed by atoms with Gasteiger partial charge in [-0.15, -0.1) is 5.10 Å². The Balaban J connectivity index is 1.44. The van der Waals surface area contributed by atoms with Gasteiger partial charge < -0.3 is 13.9 Å². The molecule has 1 amide bonds. The highest BCUT2D eigenvalue weighted by Gasteiger charge is 2.30. The maximum atomic E-state index is 11.6. The standard InChI is InChI=1S/C14H13N3O4/c18-13(9-2-3-9)15-14-17-16-12(21-14)6-8-1-4-10-11(5-8)20-7-19-10/h1,4-5,9H,2-3,6-7H2,(H,15,17,18). The Hall–Kier alpha value is -2.57. The summed E-state index contributed by atoms with van der Waals surface area (Å²) >= 11 is 0. The number of hydrogen-bond acceptors (Lipinski definition) is 6. The van der Waals surface area contributed by atoms with E-state index < -0.39 is 0 Å². The summed E-state index contributed by atoms with van der Waals surface area (Å²) < 4.78 is 16.0. The third kappa shape index (κ3) is 2.54. The Kier molecular flexibility index (Phi) is 2.77. The summed E-state index contributed by atoms with van der Waals surface area (Å²) in [5.41, 5.74) is 0.975. The number of amides is 1. The summed E-state index contributed by atoms with van der Waals surface area (Å²) in [5, 5.41) is 10.4. The molecule has 0 spiro atoms. The van der Waals surface area contributed by atoms with E-state index in [1.165, 1.54) is 0 Å². The minimum atomic E-state index is -0.0479. The highest BCUT2D eigenvalue weighted by molar-refractivity contribution is 5.92. The molecule has 1 fully saturated rings. The van der Waals surface area contributed by atoms with Crippen LogP contribution in [0.1, 0.15) is 24.3 Å². The van der Waals surface area contributed by atoms with Crippen molar-refractivity contribution < 1.29 is 18.7 Å². The van der Waals surface area contributed by atoms with Crippen molar-refractivity contribution in [3.05, 3.63) is 29.7 Å². The van der Waals surface area contributed by atoms with E-state index in [1.54, 1.807) is 0 Å². The molecule has 0 saturated heterocycles. The maximum Gasteiger partial charge on any atom is 0.322 e. The second-order valence-corrected chi connectivity index (χ2v) is 5.13. The van der Waals surface area contributed by atoms with Crippen molar-refractivity contribution in [2.75, 3.05) is 12.1 Å². The Morgan fingerprint density at radius 2 is 2.10 bits per heavy atom. The van der Waals surface area contributed by atoms with Crippen LogP contribution >= 0.6 is 0 Å². The van der Waals surface area contributed by atoms with Crippen molar-refractivity contribution in [3.63, 3.8) is 0 Å². The average Bonchev–Trinajstić information content (AvgIpc) is 3.09. The number of anilines is 1. The van der Waals surface area contributed by atoms with Gasteiger partial charge in [-0.3, -0.25) is 10.1 Å². The maximum absolute atomic E-state index is 11.6. The highest BCUT2D eigenvalue weighted by atomic mass is 16.7. The predicted molar refractivity (Wildman–Crippen MR) is 71.0 cm³/mol. The minimum absolute atomic E-state index is 0.0479. The van der Waals surface area contributed by atoms with Gasteiger partial charge in [0.2, 0.25) is 18.6 Å². The Morgan fingerprint density at radius 1 is 1.24 bits per heavy atom. The van der Waals surface area contributed by atoms with Crippen molar-refractivity contribution in [2.24, 2.45) is 5.92 Å². The van der Waals surface area contributed by atoms with Crippen LogP contribution in [0.4, 0.5) is 6.01 Å². The summed E-state index contributed by atoms with van der Waals surface area (Å²) in [5.74, 6) is 1.96. The molecule has 0 bridgehead atoms. The second kappa shape index (κ2) is 4.76. The first-order chi connectivity index (χ1) is 10.3. The lowest BCUT2D eigenvalue weighted by Gasteiger charge is -2.00. The van der Waals surface area contributed by atoms with Gasteiger partial charge >= 0.3 is 6.01 Å². The van der Waals surface area contributed by atoms with Crippen LogP contribution in [0.3, 0.4) is 0 Å². The van der Waals surface area contributed by atoms with Crippen LogP contribution in [0, 0.1) is 5.92 Å². The molecule has 1 saturated carbocycles. The highest BCUT2D eigenvalue weighted by Crippen LogP contribution is 2.33. The molecule has 2 heterocycles. The van der Waals surface area contributed by atoms with Crippen molar-refractivity contribution in [1.82, 2.24) is 10.2 Å².